The van der Waals surface area contributed by atoms with Crippen LogP contribution in [0.15, 0.2) is 30.3 Å². The summed E-state index contributed by atoms with van der Waals surface area (Å²) < 4.78 is 5.05. The zero-order valence-corrected chi connectivity index (χ0v) is 9.01. The molecule has 1 N–H and O–H groups in total. The molecule has 0 bridgehead atoms. The van der Waals surface area contributed by atoms with Gasteiger partial charge < -0.3 is 9.84 Å². The summed E-state index contributed by atoms with van der Waals surface area (Å²) in [4.78, 5) is 11.4. The van der Waals surface area contributed by atoms with Gasteiger partial charge in [0, 0.05) is 0 Å². The van der Waals surface area contributed by atoms with E-state index in [0.717, 1.165) is 5.56 Å². The lowest BCUT2D eigenvalue weighted by atomic mass is 10.1. The van der Waals surface area contributed by atoms with Gasteiger partial charge in [-0.25, -0.2) is 0 Å². The predicted molar refractivity (Wildman–Crippen MR) is 57.1 cm³/mol. The van der Waals surface area contributed by atoms with E-state index in [1.54, 1.807) is 13.8 Å². The summed E-state index contributed by atoms with van der Waals surface area (Å²) in [5.74, 6) is -0.845. The van der Waals surface area contributed by atoms with Crippen LogP contribution in [-0.4, -0.2) is 17.2 Å². The van der Waals surface area contributed by atoms with E-state index in [4.69, 9.17) is 4.74 Å². The standard InChI is InChI=1S/C12H16O3/c1-9(10(2)13)12(14)15-8-11-6-4-3-5-7-11/h3-7,9-10,13H,8H2,1-2H3/t9-,10+/m1/s1. The number of carbonyl (C=O) groups is 1. The SMILES string of the molecule is C[C@H](O)[C@@H](C)C(=O)OCc1ccccc1. The van der Waals surface area contributed by atoms with Gasteiger partial charge in [-0.15, -0.1) is 0 Å². The summed E-state index contributed by atoms with van der Waals surface area (Å²) in [7, 11) is 0. The Morgan fingerprint density at radius 1 is 1.33 bits per heavy atom. The fraction of sp³-hybridized carbons (Fsp3) is 0.417. The summed E-state index contributed by atoms with van der Waals surface area (Å²) in [6.45, 7) is 3.49. The van der Waals surface area contributed by atoms with Gasteiger partial charge in [0.15, 0.2) is 0 Å². The molecular weight excluding hydrogens is 192 g/mol. The zero-order valence-electron chi connectivity index (χ0n) is 9.01. The van der Waals surface area contributed by atoms with Crippen LogP contribution in [-0.2, 0) is 16.1 Å². The molecule has 15 heavy (non-hydrogen) atoms. The van der Waals surface area contributed by atoms with Gasteiger partial charge in [0.1, 0.15) is 6.61 Å². The molecule has 3 nitrogen and oxygen atoms in total. The summed E-state index contributed by atoms with van der Waals surface area (Å²) in [5.41, 5.74) is 0.948. The van der Waals surface area contributed by atoms with E-state index in [9.17, 15) is 9.90 Å². The maximum absolute atomic E-state index is 11.4. The second kappa shape index (κ2) is 5.51. The Morgan fingerprint density at radius 3 is 2.47 bits per heavy atom. The van der Waals surface area contributed by atoms with Crippen LogP contribution in [0.4, 0.5) is 0 Å². The molecule has 0 aliphatic rings. The highest BCUT2D eigenvalue weighted by Gasteiger charge is 2.19. The molecule has 0 unspecified atom stereocenters. The number of rotatable bonds is 4. The molecule has 0 radical (unpaired) electrons. The Labute approximate surface area is 89.7 Å². The van der Waals surface area contributed by atoms with Crippen molar-refractivity contribution in [2.45, 2.75) is 26.6 Å². The third kappa shape index (κ3) is 3.72. The van der Waals surface area contributed by atoms with Gasteiger partial charge in [-0.05, 0) is 19.4 Å². The number of benzene rings is 1. The third-order valence-corrected chi connectivity index (χ3v) is 2.32. The van der Waals surface area contributed by atoms with Crippen molar-refractivity contribution >= 4 is 5.97 Å². The Bertz CT molecular complexity index is 306. The quantitative estimate of drug-likeness (QED) is 0.767. The molecule has 0 aliphatic carbocycles. The van der Waals surface area contributed by atoms with Crippen molar-refractivity contribution in [1.29, 1.82) is 0 Å². The highest BCUT2D eigenvalue weighted by molar-refractivity contribution is 5.72. The van der Waals surface area contributed by atoms with Crippen molar-refractivity contribution in [3.63, 3.8) is 0 Å². The second-order valence-electron chi connectivity index (χ2n) is 3.62. The van der Waals surface area contributed by atoms with E-state index < -0.39 is 12.0 Å². The molecule has 0 amide bonds. The van der Waals surface area contributed by atoms with E-state index in [2.05, 4.69) is 0 Å². The summed E-state index contributed by atoms with van der Waals surface area (Å²) in [6.07, 6.45) is -0.673. The molecule has 1 aromatic carbocycles. The number of hydrogen-bond donors (Lipinski definition) is 1. The second-order valence-corrected chi connectivity index (χ2v) is 3.62. The van der Waals surface area contributed by atoms with Crippen LogP contribution in [0.2, 0.25) is 0 Å². The molecule has 1 rings (SSSR count). The maximum Gasteiger partial charge on any atom is 0.311 e. The van der Waals surface area contributed by atoms with Gasteiger partial charge in [0.25, 0.3) is 0 Å². The van der Waals surface area contributed by atoms with Gasteiger partial charge in [-0.3, -0.25) is 4.79 Å². The Balaban J connectivity index is 2.41. The fourth-order valence-corrected chi connectivity index (χ4v) is 1.06. The van der Waals surface area contributed by atoms with Crippen molar-refractivity contribution < 1.29 is 14.6 Å². The van der Waals surface area contributed by atoms with Crippen LogP contribution < -0.4 is 0 Å². The molecule has 3 heteroatoms. The molecule has 2 atom stereocenters. The average molecular weight is 208 g/mol. The van der Waals surface area contributed by atoms with Crippen LogP contribution in [0.3, 0.4) is 0 Å². The maximum atomic E-state index is 11.4. The first-order valence-corrected chi connectivity index (χ1v) is 5.00. The molecule has 0 saturated heterocycles. The van der Waals surface area contributed by atoms with E-state index >= 15 is 0 Å². The first kappa shape index (κ1) is 11.7. The smallest absolute Gasteiger partial charge is 0.311 e. The normalized spacial score (nSPS) is 14.3. The van der Waals surface area contributed by atoms with Crippen LogP contribution in [0.5, 0.6) is 0 Å². The number of ether oxygens (including phenoxy) is 1. The summed E-state index contributed by atoms with van der Waals surface area (Å²) in [6, 6.07) is 9.47. The summed E-state index contributed by atoms with van der Waals surface area (Å²) in [5, 5.41) is 9.19. The zero-order chi connectivity index (χ0) is 11.3. The minimum absolute atomic E-state index is 0.261. The number of aliphatic hydroxyl groups is 1. The van der Waals surface area contributed by atoms with Crippen molar-refractivity contribution in [1.82, 2.24) is 0 Å². The average Bonchev–Trinajstić information content (AvgIpc) is 2.26. The largest absolute Gasteiger partial charge is 0.461 e. The van der Waals surface area contributed by atoms with Gasteiger partial charge in [-0.1, -0.05) is 30.3 Å². The number of aliphatic hydroxyl groups excluding tert-OH is 1. The monoisotopic (exact) mass is 208 g/mol. The number of carbonyl (C=O) groups excluding carboxylic acids is 1. The molecule has 0 aliphatic heterocycles. The Kier molecular flexibility index (Phi) is 4.31. The van der Waals surface area contributed by atoms with Gasteiger partial charge in [0.2, 0.25) is 0 Å². The topological polar surface area (TPSA) is 46.5 Å². The van der Waals surface area contributed by atoms with Crippen LogP contribution in [0.1, 0.15) is 19.4 Å². The number of hydrogen-bond acceptors (Lipinski definition) is 3. The highest BCUT2D eigenvalue weighted by Crippen LogP contribution is 2.07. The van der Waals surface area contributed by atoms with E-state index in [1.807, 2.05) is 30.3 Å². The van der Waals surface area contributed by atoms with E-state index in [0.29, 0.717) is 0 Å². The molecule has 0 heterocycles. The molecular formula is C12H16O3. The van der Waals surface area contributed by atoms with E-state index in [1.165, 1.54) is 0 Å². The van der Waals surface area contributed by atoms with Crippen LogP contribution in [0.25, 0.3) is 0 Å². The Morgan fingerprint density at radius 2 is 1.93 bits per heavy atom. The van der Waals surface area contributed by atoms with Gasteiger partial charge in [-0.2, -0.15) is 0 Å². The molecule has 0 aromatic heterocycles. The van der Waals surface area contributed by atoms with Crippen LogP contribution in [0, 0.1) is 5.92 Å². The highest BCUT2D eigenvalue weighted by atomic mass is 16.5. The lowest BCUT2D eigenvalue weighted by Gasteiger charge is -2.13. The lowest BCUT2D eigenvalue weighted by molar-refractivity contribution is -0.152. The van der Waals surface area contributed by atoms with E-state index in [-0.39, 0.29) is 12.6 Å². The first-order chi connectivity index (χ1) is 7.11. The minimum Gasteiger partial charge on any atom is -0.461 e. The van der Waals surface area contributed by atoms with Crippen molar-refractivity contribution in [2.24, 2.45) is 5.92 Å². The third-order valence-electron chi connectivity index (χ3n) is 2.32. The molecule has 0 spiro atoms. The summed E-state index contributed by atoms with van der Waals surface area (Å²) >= 11 is 0. The fourth-order valence-electron chi connectivity index (χ4n) is 1.06. The molecule has 1 aromatic rings. The predicted octanol–water partition coefficient (Wildman–Crippen LogP) is 1.75. The lowest BCUT2D eigenvalue weighted by Crippen LogP contribution is -2.24. The van der Waals surface area contributed by atoms with Crippen molar-refractivity contribution in [3.05, 3.63) is 35.9 Å². The first-order valence-electron chi connectivity index (χ1n) is 5.00. The van der Waals surface area contributed by atoms with Gasteiger partial charge >= 0.3 is 5.97 Å². The number of esters is 1. The molecule has 0 fully saturated rings. The van der Waals surface area contributed by atoms with Crippen molar-refractivity contribution in [2.75, 3.05) is 0 Å². The Hall–Kier alpha value is -1.35. The van der Waals surface area contributed by atoms with Crippen molar-refractivity contribution in [3.8, 4) is 0 Å². The van der Waals surface area contributed by atoms with Crippen LogP contribution >= 0.6 is 0 Å². The molecule has 82 valence electrons. The van der Waals surface area contributed by atoms with Gasteiger partial charge in [0.05, 0.1) is 12.0 Å². The minimum atomic E-state index is -0.673. The molecule has 0 saturated carbocycles.